The average Bonchev–Trinajstić information content (AvgIpc) is 3.39. The summed E-state index contributed by atoms with van der Waals surface area (Å²) in [5.74, 6) is 2.56. The summed E-state index contributed by atoms with van der Waals surface area (Å²) in [6.07, 6.45) is 5.04. The SMILES string of the molecule is CC1CCCN(c2nc(NC3CC3)cc(-c3ccccc3)n2)C1. The molecule has 1 saturated heterocycles. The van der Waals surface area contributed by atoms with Crippen molar-refractivity contribution in [2.45, 2.75) is 38.6 Å². The van der Waals surface area contributed by atoms with E-state index in [1.54, 1.807) is 0 Å². The number of hydrogen-bond acceptors (Lipinski definition) is 4. The van der Waals surface area contributed by atoms with Crippen molar-refractivity contribution in [3.8, 4) is 11.3 Å². The lowest BCUT2D eigenvalue weighted by Gasteiger charge is -2.31. The van der Waals surface area contributed by atoms with E-state index in [4.69, 9.17) is 9.97 Å². The van der Waals surface area contributed by atoms with Crippen molar-refractivity contribution in [1.82, 2.24) is 9.97 Å². The predicted molar refractivity (Wildman–Crippen MR) is 94.7 cm³/mol. The summed E-state index contributed by atoms with van der Waals surface area (Å²) in [5, 5.41) is 3.54. The number of nitrogens with one attached hydrogen (secondary N) is 1. The van der Waals surface area contributed by atoms with Crippen molar-refractivity contribution in [2.24, 2.45) is 5.92 Å². The first-order valence-electron chi connectivity index (χ1n) is 8.74. The van der Waals surface area contributed by atoms with E-state index in [2.05, 4.69) is 47.5 Å². The molecule has 4 heteroatoms. The Labute approximate surface area is 138 Å². The molecule has 0 radical (unpaired) electrons. The topological polar surface area (TPSA) is 41.1 Å². The van der Waals surface area contributed by atoms with Gasteiger partial charge in [0.1, 0.15) is 5.82 Å². The smallest absolute Gasteiger partial charge is 0.227 e. The minimum absolute atomic E-state index is 0.599. The molecule has 1 atom stereocenters. The molecule has 2 heterocycles. The van der Waals surface area contributed by atoms with Gasteiger partial charge in [0.2, 0.25) is 5.95 Å². The number of rotatable bonds is 4. The van der Waals surface area contributed by atoms with Crippen LogP contribution in [0, 0.1) is 5.92 Å². The van der Waals surface area contributed by atoms with Gasteiger partial charge in [0.25, 0.3) is 0 Å². The van der Waals surface area contributed by atoms with Gasteiger partial charge in [-0.25, -0.2) is 4.98 Å². The quantitative estimate of drug-likeness (QED) is 0.928. The Morgan fingerprint density at radius 2 is 1.91 bits per heavy atom. The van der Waals surface area contributed by atoms with Crippen LogP contribution in [-0.4, -0.2) is 29.1 Å². The highest BCUT2D eigenvalue weighted by molar-refractivity contribution is 5.64. The van der Waals surface area contributed by atoms with Crippen LogP contribution in [0.25, 0.3) is 11.3 Å². The summed E-state index contributed by atoms with van der Waals surface area (Å²) in [5.41, 5.74) is 2.16. The second-order valence-corrected chi connectivity index (χ2v) is 6.92. The maximum absolute atomic E-state index is 4.86. The molecule has 2 fully saturated rings. The van der Waals surface area contributed by atoms with Gasteiger partial charge in [-0.2, -0.15) is 4.98 Å². The first-order valence-corrected chi connectivity index (χ1v) is 8.74. The summed E-state index contributed by atoms with van der Waals surface area (Å²) in [6, 6.07) is 13.1. The van der Waals surface area contributed by atoms with Crippen LogP contribution in [0.2, 0.25) is 0 Å². The third-order valence-electron chi connectivity index (χ3n) is 4.65. The molecule has 1 saturated carbocycles. The zero-order chi connectivity index (χ0) is 15.6. The molecule has 1 aromatic heterocycles. The van der Waals surface area contributed by atoms with Gasteiger partial charge in [0, 0.05) is 30.8 Å². The zero-order valence-corrected chi connectivity index (χ0v) is 13.7. The lowest BCUT2D eigenvalue weighted by molar-refractivity contribution is 0.442. The van der Waals surface area contributed by atoms with Crippen molar-refractivity contribution in [3.05, 3.63) is 36.4 Å². The van der Waals surface area contributed by atoms with E-state index in [1.807, 2.05) is 6.07 Å². The third kappa shape index (κ3) is 3.46. The Kier molecular flexibility index (Phi) is 3.90. The highest BCUT2D eigenvalue weighted by atomic mass is 15.3. The monoisotopic (exact) mass is 308 g/mol. The van der Waals surface area contributed by atoms with Crippen LogP contribution >= 0.6 is 0 Å². The third-order valence-corrected chi connectivity index (χ3v) is 4.65. The van der Waals surface area contributed by atoms with Crippen molar-refractivity contribution in [2.75, 3.05) is 23.3 Å². The van der Waals surface area contributed by atoms with Crippen LogP contribution < -0.4 is 10.2 Å². The fourth-order valence-corrected chi connectivity index (χ4v) is 3.21. The second kappa shape index (κ2) is 6.19. The number of benzene rings is 1. The average molecular weight is 308 g/mol. The fraction of sp³-hybridized carbons (Fsp3) is 0.474. The number of hydrogen-bond donors (Lipinski definition) is 1. The molecule has 1 aromatic carbocycles. The number of aromatic nitrogens is 2. The molecule has 120 valence electrons. The molecule has 1 aliphatic carbocycles. The highest BCUT2D eigenvalue weighted by Crippen LogP contribution is 2.29. The van der Waals surface area contributed by atoms with Crippen LogP contribution in [0.4, 0.5) is 11.8 Å². The van der Waals surface area contributed by atoms with Crippen LogP contribution in [0.3, 0.4) is 0 Å². The molecule has 23 heavy (non-hydrogen) atoms. The number of nitrogens with zero attached hydrogens (tertiary/aromatic N) is 3. The maximum atomic E-state index is 4.86. The number of piperidine rings is 1. The molecule has 1 unspecified atom stereocenters. The van der Waals surface area contributed by atoms with Crippen LogP contribution in [0.15, 0.2) is 36.4 Å². The molecule has 2 aromatic rings. The summed E-state index contributed by atoms with van der Waals surface area (Å²) in [7, 11) is 0. The van der Waals surface area contributed by atoms with Gasteiger partial charge in [-0.15, -0.1) is 0 Å². The Balaban J connectivity index is 1.69. The highest BCUT2D eigenvalue weighted by Gasteiger charge is 2.24. The molecule has 1 N–H and O–H groups in total. The summed E-state index contributed by atoms with van der Waals surface area (Å²) in [4.78, 5) is 12.0. The molecular formula is C19H24N4. The maximum Gasteiger partial charge on any atom is 0.227 e. The van der Waals surface area contributed by atoms with Gasteiger partial charge in [-0.1, -0.05) is 37.3 Å². The number of anilines is 2. The van der Waals surface area contributed by atoms with Crippen LogP contribution in [0.1, 0.15) is 32.6 Å². The molecule has 2 aliphatic rings. The van der Waals surface area contributed by atoms with Crippen molar-refractivity contribution >= 4 is 11.8 Å². The molecule has 1 aliphatic heterocycles. The standard InChI is InChI=1S/C19H24N4/c1-14-6-5-11-23(13-14)19-21-17(15-7-3-2-4-8-15)12-18(22-19)20-16-9-10-16/h2-4,7-8,12,14,16H,5-6,9-11,13H2,1H3,(H,20,21,22). The summed E-state index contributed by atoms with van der Waals surface area (Å²) in [6.45, 7) is 4.43. The van der Waals surface area contributed by atoms with Gasteiger partial charge in [0.05, 0.1) is 5.69 Å². The van der Waals surface area contributed by atoms with Gasteiger partial charge in [-0.05, 0) is 31.6 Å². The molecule has 0 amide bonds. The van der Waals surface area contributed by atoms with E-state index in [1.165, 1.54) is 25.7 Å². The Morgan fingerprint density at radius 1 is 1.09 bits per heavy atom. The van der Waals surface area contributed by atoms with Crippen molar-refractivity contribution in [3.63, 3.8) is 0 Å². The van der Waals surface area contributed by atoms with Crippen molar-refractivity contribution < 1.29 is 0 Å². The van der Waals surface area contributed by atoms with Gasteiger partial charge >= 0.3 is 0 Å². The van der Waals surface area contributed by atoms with Crippen LogP contribution in [0.5, 0.6) is 0 Å². The lowest BCUT2D eigenvalue weighted by Crippen LogP contribution is -2.35. The fourth-order valence-electron chi connectivity index (χ4n) is 3.21. The first kappa shape index (κ1) is 14.5. The normalized spacial score (nSPS) is 21.3. The van der Waals surface area contributed by atoms with Gasteiger partial charge in [-0.3, -0.25) is 0 Å². The van der Waals surface area contributed by atoms with E-state index >= 15 is 0 Å². The lowest BCUT2D eigenvalue weighted by atomic mass is 10.0. The predicted octanol–water partition coefficient (Wildman–Crippen LogP) is 3.95. The second-order valence-electron chi connectivity index (χ2n) is 6.92. The minimum Gasteiger partial charge on any atom is -0.367 e. The molecule has 4 nitrogen and oxygen atoms in total. The minimum atomic E-state index is 0.599. The van der Waals surface area contributed by atoms with Crippen molar-refractivity contribution in [1.29, 1.82) is 0 Å². The largest absolute Gasteiger partial charge is 0.367 e. The molecule has 4 rings (SSSR count). The van der Waals surface area contributed by atoms with E-state index in [9.17, 15) is 0 Å². The van der Waals surface area contributed by atoms with Crippen LogP contribution in [-0.2, 0) is 0 Å². The summed E-state index contributed by atoms with van der Waals surface area (Å²) < 4.78 is 0. The molecular weight excluding hydrogens is 284 g/mol. The molecule has 0 bridgehead atoms. The first-order chi connectivity index (χ1) is 11.3. The van der Waals surface area contributed by atoms with Gasteiger partial charge < -0.3 is 10.2 Å². The Hall–Kier alpha value is -2.10. The zero-order valence-electron chi connectivity index (χ0n) is 13.7. The molecule has 0 spiro atoms. The van der Waals surface area contributed by atoms with Gasteiger partial charge in [0.15, 0.2) is 0 Å². The van der Waals surface area contributed by atoms with E-state index in [-0.39, 0.29) is 0 Å². The Morgan fingerprint density at radius 3 is 2.65 bits per heavy atom. The van der Waals surface area contributed by atoms with E-state index in [0.717, 1.165) is 36.1 Å². The van der Waals surface area contributed by atoms with E-state index < -0.39 is 0 Å². The summed E-state index contributed by atoms with van der Waals surface area (Å²) >= 11 is 0. The Bertz CT molecular complexity index is 666. The van der Waals surface area contributed by atoms with E-state index in [0.29, 0.717) is 12.0 Å².